The fourth-order valence-corrected chi connectivity index (χ4v) is 2.77. The molecule has 0 aliphatic heterocycles. The van der Waals surface area contributed by atoms with Crippen LogP contribution in [0, 0.1) is 5.92 Å². The highest BCUT2D eigenvalue weighted by Crippen LogP contribution is 2.34. The largest absolute Gasteiger partial charge is 0.288 e. The average molecular weight is 232 g/mol. The second kappa shape index (κ2) is 4.88. The summed E-state index contributed by atoms with van der Waals surface area (Å²) < 4.78 is 0. The van der Waals surface area contributed by atoms with Gasteiger partial charge in [0.25, 0.3) is 0 Å². The van der Waals surface area contributed by atoms with Gasteiger partial charge in [-0.3, -0.25) is 4.79 Å². The minimum Gasteiger partial charge on any atom is -0.288 e. The van der Waals surface area contributed by atoms with Crippen LogP contribution >= 0.6 is 11.8 Å². The zero-order valence-corrected chi connectivity index (χ0v) is 10.5. The second-order valence-corrected chi connectivity index (χ2v) is 5.42. The molecule has 0 spiro atoms. The monoisotopic (exact) mass is 232 g/mol. The predicted molar refractivity (Wildman–Crippen MR) is 70.4 cm³/mol. The number of carbonyl (C=O) groups excluding carboxylic acids is 1. The van der Waals surface area contributed by atoms with Crippen LogP contribution < -0.4 is 0 Å². The van der Waals surface area contributed by atoms with Gasteiger partial charge in [0, 0.05) is 12.7 Å². The Bertz CT molecular complexity index is 434. The highest BCUT2D eigenvalue weighted by Gasteiger charge is 2.18. The summed E-state index contributed by atoms with van der Waals surface area (Å²) in [6.07, 6.45) is 3.34. The number of thioether (sulfide) groups is 1. The van der Waals surface area contributed by atoms with E-state index in [2.05, 4.69) is 37.3 Å². The van der Waals surface area contributed by atoms with Crippen molar-refractivity contribution < 1.29 is 4.79 Å². The van der Waals surface area contributed by atoms with Gasteiger partial charge < -0.3 is 0 Å². The number of benzene rings is 1. The lowest BCUT2D eigenvalue weighted by Gasteiger charge is -2.13. The zero-order chi connectivity index (χ0) is 11.5. The molecule has 1 unspecified atom stereocenters. The Kier molecular flexibility index (Phi) is 3.49. The molecule has 1 aliphatic rings. The third kappa shape index (κ3) is 2.38. The number of allylic oxidation sites excluding steroid dienone is 2. The quantitative estimate of drug-likeness (QED) is 0.793. The minimum absolute atomic E-state index is 0.207. The summed E-state index contributed by atoms with van der Waals surface area (Å²) in [5.74, 6) is 1.34. The molecule has 0 N–H and O–H groups in total. The van der Waals surface area contributed by atoms with Gasteiger partial charge in [0.05, 0.1) is 0 Å². The molecule has 1 aliphatic carbocycles. The predicted octanol–water partition coefficient (Wildman–Crippen LogP) is 3.54. The molecule has 0 fully saturated rings. The van der Waals surface area contributed by atoms with E-state index in [4.69, 9.17) is 0 Å². The SMILES string of the molecule is CC(=O)SCC(C)C1=CCc2ccccc21. The van der Waals surface area contributed by atoms with Crippen molar-refractivity contribution in [2.24, 2.45) is 5.92 Å². The van der Waals surface area contributed by atoms with Crippen LogP contribution in [-0.2, 0) is 11.2 Å². The normalized spacial score (nSPS) is 15.5. The van der Waals surface area contributed by atoms with Gasteiger partial charge in [-0.2, -0.15) is 0 Å². The number of hydrogen-bond acceptors (Lipinski definition) is 2. The fraction of sp³-hybridized carbons (Fsp3) is 0.357. The first-order chi connectivity index (χ1) is 7.68. The Hall–Kier alpha value is -1.02. The van der Waals surface area contributed by atoms with Crippen LogP contribution in [0.5, 0.6) is 0 Å². The molecule has 84 valence electrons. The molecular formula is C14H16OS. The van der Waals surface area contributed by atoms with Crippen molar-refractivity contribution in [1.82, 2.24) is 0 Å². The van der Waals surface area contributed by atoms with E-state index >= 15 is 0 Å². The number of fused-ring (bicyclic) bond motifs is 1. The summed E-state index contributed by atoms with van der Waals surface area (Å²) in [7, 11) is 0. The first-order valence-electron chi connectivity index (χ1n) is 5.60. The molecule has 2 heteroatoms. The van der Waals surface area contributed by atoms with Crippen LogP contribution in [0.4, 0.5) is 0 Å². The summed E-state index contributed by atoms with van der Waals surface area (Å²) in [6, 6.07) is 8.54. The molecule has 0 heterocycles. The Morgan fingerprint density at radius 2 is 2.19 bits per heavy atom. The molecule has 0 radical (unpaired) electrons. The Morgan fingerprint density at radius 3 is 2.94 bits per heavy atom. The van der Waals surface area contributed by atoms with Crippen LogP contribution in [-0.4, -0.2) is 10.9 Å². The van der Waals surface area contributed by atoms with E-state index in [1.165, 1.54) is 28.5 Å². The second-order valence-electron chi connectivity index (χ2n) is 4.22. The van der Waals surface area contributed by atoms with Crippen LogP contribution in [0.25, 0.3) is 5.57 Å². The number of carbonyl (C=O) groups is 1. The van der Waals surface area contributed by atoms with Gasteiger partial charge in [0.1, 0.15) is 0 Å². The lowest BCUT2D eigenvalue weighted by molar-refractivity contribution is -0.109. The summed E-state index contributed by atoms with van der Waals surface area (Å²) >= 11 is 1.42. The first-order valence-corrected chi connectivity index (χ1v) is 6.58. The van der Waals surface area contributed by atoms with Crippen LogP contribution in [0.2, 0.25) is 0 Å². The standard InChI is InChI=1S/C14H16OS/c1-10(9-16-11(2)15)13-8-7-12-5-3-4-6-14(12)13/h3-6,8,10H,7,9H2,1-2H3. The van der Waals surface area contributed by atoms with E-state index in [0.29, 0.717) is 5.92 Å². The smallest absolute Gasteiger partial charge is 0.185 e. The van der Waals surface area contributed by atoms with E-state index in [1.54, 1.807) is 6.92 Å². The fourth-order valence-electron chi connectivity index (χ4n) is 2.11. The Labute approximate surface area is 101 Å². The molecule has 0 saturated heterocycles. The van der Waals surface area contributed by atoms with Crippen molar-refractivity contribution in [1.29, 1.82) is 0 Å². The summed E-state index contributed by atoms with van der Waals surface area (Å²) in [5.41, 5.74) is 4.20. The number of hydrogen-bond donors (Lipinski definition) is 0. The molecule has 2 rings (SSSR count). The van der Waals surface area contributed by atoms with E-state index in [1.807, 2.05) is 0 Å². The molecule has 1 nitrogen and oxygen atoms in total. The molecule has 1 aromatic rings. The molecule has 0 saturated carbocycles. The van der Waals surface area contributed by atoms with E-state index in [-0.39, 0.29) is 5.12 Å². The third-order valence-electron chi connectivity index (χ3n) is 2.94. The lowest BCUT2D eigenvalue weighted by Crippen LogP contribution is -2.02. The van der Waals surface area contributed by atoms with Gasteiger partial charge >= 0.3 is 0 Å². The third-order valence-corrected chi connectivity index (χ3v) is 4.01. The van der Waals surface area contributed by atoms with Gasteiger partial charge in [0.2, 0.25) is 0 Å². The van der Waals surface area contributed by atoms with E-state index in [0.717, 1.165) is 12.2 Å². The average Bonchev–Trinajstić information content (AvgIpc) is 2.69. The van der Waals surface area contributed by atoms with Gasteiger partial charge in [0.15, 0.2) is 5.12 Å². The highest BCUT2D eigenvalue weighted by atomic mass is 32.2. The molecule has 0 aromatic heterocycles. The van der Waals surface area contributed by atoms with Crippen LogP contribution in [0.3, 0.4) is 0 Å². The minimum atomic E-state index is 0.207. The van der Waals surface area contributed by atoms with E-state index < -0.39 is 0 Å². The first kappa shape index (κ1) is 11.5. The lowest BCUT2D eigenvalue weighted by atomic mass is 9.97. The van der Waals surface area contributed by atoms with Crippen LogP contribution in [0.1, 0.15) is 25.0 Å². The van der Waals surface area contributed by atoms with Crippen molar-refractivity contribution in [2.45, 2.75) is 20.3 Å². The topological polar surface area (TPSA) is 17.1 Å². The molecule has 1 aromatic carbocycles. The number of rotatable bonds is 3. The van der Waals surface area contributed by atoms with Gasteiger partial charge in [-0.1, -0.05) is 49.0 Å². The summed E-state index contributed by atoms with van der Waals surface area (Å²) in [6.45, 7) is 3.83. The van der Waals surface area contributed by atoms with Crippen molar-refractivity contribution in [3.63, 3.8) is 0 Å². The molecule has 0 bridgehead atoms. The Balaban J connectivity index is 2.09. The zero-order valence-electron chi connectivity index (χ0n) is 9.69. The molecule has 0 amide bonds. The van der Waals surface area contributed by atoms with Gasteiger partial charge in [-0.25, -0.2) is 0 Å². The summed E-state index contributed by atoms with van der Waals surface area (Å²) in [5, 5.41) is 0.207. The van der Waals surface area contributed by atoms with Crippen molar-refractivity contribution in [3.8, 4) is 0 Å². The summed E-state index contributed by atoms with van der Waals surface area (Å²) in [4.78, 5) is 11.0. The maximum atomic E-state index is 11.0. The van der Waals surface area contributed by atoms with Crippen molar-refractivity contribution in [3.05, 3.63) is 41.5 Å². The maximum absolute atomic E-state index is 11.0. The van der Waals surface area contributed by atoms with Gasteiger partial charge in [-0.15, -0.1) is 0 Å². The van der Waals surface area contributed by atoms with Crippen molar-refractivity contribution >= 4 is 22.5 Å². The molecular weight excluding hydrogens is 216 g/mol. The maximum Gasteiger partial charge on any atom is 0.185 e. The highest BCUT2D eigenvalue weighted by molar-refractivity contribution is 8.13. The Morgan fingerprint density at radius 1 is 1.44 bits per heavy atom. The van der Waals surface area contributed by atoms with Crippen LogP contribution in [0.15, 0.2) is 30.3 Å². The molecule has 1 atom stereocenters. The van der Waals surface area contributed by atoms with Gasteiger partial charge in [-0.05, 0) is 29.0 Å². The van der Waals surface area contributed by atoms with E-state index in [9.17, 15) is 4.79 Å². The van der Waals surface area contributed by atoms with Crippen molar-refractivity contribution in [2.75, 3.05) is 5.75 Å². The molecule has 16 heavy (non-hydrogen) atoms.